The average molecular weight is 485 g/mol. The van der Waals surface area contributed by atoms with Crippen molar-refractivity contribution in [3.63, 3.8) is 0 Å². The van der Waals surface area contributed by atoms with Gasteiger partial charge in [0.05, 0.1) is 22.1 Å². The first kappa shape index (κ1) is 23.5. The maximum absolute atomic E-state index is 12.7. The van der Waals surface area contributed by atoms with Crippen LogP contribution < -0.4 is 10.0 Å². The summed E-state index contributed by atoms with van der Waals surface area (Å²) in [7, 11) is -4.03. The third-order valence-corrected chi connectivity index (χ3v) is 7.03. The van der Waals surface area contributed by atoms with Crippen LogP contribution in [0.25, 0.3) is 0 Å². The fourth-order valence-corrected chi connectivity index (χ4v) is 5.00. The fraction of sp³-hybridized carbons (Fsp3) is 0.261. The van der Waals surface area contributed by atoms with Crippen molar-refractivity contribution in [2.45, 2.75) is 23.8 Å². The summed E-state index contributed by atoms with van der Waals surface area (Å²) in [6.07, 6.45) is 3.84. The van der Waals surface area contributed by atoms with E-state index in [1.807, 2.05) is 12.1 Å². The van der Waals surface area contributed by atoms with Crippen LogP contribution in [0.2, 0.25) is 0 Å². The van der Waals surface area contributed by atoms with Crippen LogP contribution in [0.4, 0.5) is 11.4 Å². The lowest BCUT2D eigenvalue weighted by Crippen LogP contribution is -2.36. The molecule has 2 aromatic carbocycles. The number of rotatable bonds is 9. The summed E-state index contributed by atoms with van der Waals surface area (Å²) in [6.45, 7) is 2.27. The molecule has 178 valence electrons. The van der Waals surface area contributed by atoms with Gasteiger partial charge in [-0.05, 0) is 68.4 Å². The number of hydrogen-bond donors (Lipinski definition) is 2. The molecule has 0 spiro atoms. The summed E-state index contributed by atoms with van der Waals surface area (Å²) in [5, 5.41) is 13.9. The number of benzene rings is 2. The molecule has 1 amide bonds. The molecule has 11 heteroatoms. The SMILES string of the molecule is O=C(NC[C@H](c1ccco1)N1CCCC1)c1ccc(NS(=O)(=O)c2cccc([N+](=O)[O-])c2)cc1. The van der Waals surface area contributed by atoms with Gasteiger partial charge in [0.1, 0.15) is 5.76 Å². The number of nitro groups is 1. The number of nitrogens with one attached hydrogen (secondary N) is 2. The minimum atomic E-state index is -4.03. The quantitative estimate of drug-likeness (QED) is 0.350. The minimum Gasteiger partial charge on any atom is -0.468 e. The second-order valence-electron chi connectivity index (χ2n) is 7.92. The molecule has 2 heterocycles. The van der Waals surface area contributed by atoms with Gasteiger partial charge in [-0.3, -0.25) is 24.5 Å². The molecular weight excluding hydrogens is 460 g/mol. The summed E-state index contributed by atoms with van der Waals surface area (Å²) in [4.78, 5) is 25.0. The van der Waals surface area contributed by atoms with E-state index in [4.69, 9.17) is 4.42 Å². The van der Waals surface area contributed by atoms with Crippen molar-refractivity contribution in [2.24, 2.45) is 0 Å². The number of non-ortho nitro benzene ring substituents is 1. The molecule has 0 aliphatic carbocycles. The number of carbonyl (C=O) groups is 1. The van der Waals surface area contributed by atoms with Crippen LogP contribution in [0.5, 0.6) is 0 Å². The Kier molecular flexibility index (Phi) is 6.94. The van der Waals surface area contributed by atoms with Crippen LogP contribution in [-0.2, 0) is 10.0 Å². The summed E-state index contributed by atoms with van der Waals surface area (Å²) in [5.41, 5.74) is 0.281. The monoisotopic (exact) mass is 484 g/mol. The van der Waals surface area contributed by atoms with E-state index in [9.17, 15) is 23.3 Å². The smallest absolute Gasteiger partial charge is 0.270 e. The molecule has 1 saturated heterocycles. The Balaban J connectivity index is 1.40. The van der Waals surface area contributed by atoms with E-state index in [0.717, 1.165) is 37.8 Å². The number of sulfonamides is 1. The number of nitro benzene ring substituents is 1. The highest BCUT2D eigenvalue weighted by Gasteiger charge is 2.26. The number of furan rings is 1. The van der Waals surface area contributed by atoms with Gasteiger partial charge in [-0.2, -0.15) is 0 Å². The standard InChI is InChI=1S/C23H24N4O6S/c28-23(24-16-21(22-7-4-14-33-22)26-12-1-2-13-26)17-8-10-18(11-9-17)25-34(31,32)20-6-3-5-19(15-20)27(29)30/h3-11,14-15,21,25H,1-2,12-13,16H2,(H,24,28)/t21-/m1/s1. The molecule has 34 heavy (non-hydrogen) atoms. The number of nitrogens with zero attached hydrogens (tertiary/aromatic N) is 2. The maximum Gasteiger partial charge on any atom is 0.270 e. The molecule has 10 nitrogen and oxygen atoms in total. The third-order valence-electron chi connectivity index (χ3n) is 5.65. The zero-order chi connectivity index (χ0) is 24.1. The lowest BCUT2D eigenvalue weighted by molar-refractivity contribution is -0.385. The molecule has 1 fully saturated rings. The van der Waals surface area contributed by atoms with E-state index in [-0.39, 0.29) is 28.2 Å². The lowest BCUT2D eigenvalue weighted by atomic mass is 10.1. The average Bonchev–Trinajstić information content (AvgIpc) is 3.55. The van der Waals surface area contributed by atoms with Crippen molar-refractivity contribution >= 4 is 27.3 Å². The largest absolute Gasteiger partial charge is 0.468 e. The van der Waals surface area contributed by atoms with Crippen molar-refractivity contribution < 1.29 is 22.6 Å². The van der Waals surface area contributed by atoms with Gasteiger partial charge in [0.2, 0.25) is 0 Å². The van der Waals surface area contributed by atoms with Crippen LogP contribution in [0.1, 0.15) is 35.0 Å². The van der Waals surface area contributed by atoms with E-state index in [2.05, 4.69) is 14.9 Å². The first-order chi connectivity index (χ1) is 16.3. The molecular formula is C23H24N4O6S. The molecule has 1 atom stereocenters. The van der Waals surface area contributed by atoms with Crippen molar-refractivity contribution in [3.05, 3.63) is 88.4 Å². The van der Waals surface area contributed by atoms with Gasteiger partial charge in [-0.1, -0.05) is 6.07 Å². The lowest BCUT2D eigenvalue weighted by Gasteiger charge is -2.26. The Morgan fingerprint density at radius 2 is 1.82 bits per heavy atom. The number of likely N-dealkylation sites (tertiary alicyclic amines) is 1. The third kappa shape index (κ3) is 5.43. The summed E-state index contributed by atoms with van der Waals surface area (Å²) < 4.78 is 33.1. The van der Waals surface area contributed by atoms with Gasteiger partial charge in [0.25, 0.3) is 21.6 Å². The Morgan fingerprint density at radius 1 is 1.09 bits per heavy atom. The number of amides is 1. The zero-order valence-corrected chi connectivity index (χ0v) is 19.0. The summed E-state index contributed by atoms with van der Waals surface area (Å²) in [6, 6.07) is 14.4. The fourth-order valence-electron chi connectivity index (χ4n) is 3.90. The van der Waals surface area contributed by atoms with Crippen LogP contribution >= 0.6 is 0 Å². The Hall–Kier alpha value is -3.70. The van der Waals surface area contributed by atoms with Gasteiger partial charge in [0.15, 0.2) is 0 Å². The second kappa shape index (κ2) is 10.1. The van der Waals surface area contributed by atoms with Crippen LogP contribution in [0, 0.1) is 10.1 Å². The molecule has 0 saturated carbocycles. The number of carbonyl (C=O) groups excluding carboxylic acids is 1. The van der Waals surface area contributed by atoms with Crippen molar-refractivity contribution in [2.75, 3.05) is 24.4 Å². The van der Waals surface area contributed by atoms with Crippen molar-refractivity contribution in [1.29, 1.82) is 0 Å². The maximum atomic E-state index is 12.7. The highest BCUT2D eigenvalue weighted by Crippen LogP contribution is 2.25. The normalized spacial score (nSPS) is 15.1. The van der Waals surface area contributed by atoms with Crippen LogP contribution in [0.15, 0.2) is 76.2 Å². The molecule has 1 aliphatic rings. The molecule has 1 aromatic heterocycles. The van der Waals surface area contributed by atoms with Gasteiger partial charge in [-0.15, -0.1) is 0 Å². The van der Waals surface area contributed by atoms with Crippen molar-refractivity contribution in [3.8, 4) is 0 Å². The van der Waals surface area contributed by atoms with Crippen LogP contribution in [-0.4, -0.2) is 43.8 Å². The summed E-state index contributed by atoms with van der Waals surface area (Å²) >= 11 is 0. The Labute approximate surface area is 196 Å². The van der Waals surface area contributed by atoms with E-state index in [1.54, 1.807) is 6.26 Å². The Bertz CT molecular complexity index is 1250. The Morgan fingerprint density at radius 3 is 2.47 bits per heavy atom. The van der Waals surface area contributed by atoms with E-state index in [0.29, 0.717) is 12.1 Å². The second-order valence-corrected chi connectivity index (χ2v) is 9.60. The van der Waals surface area contributed by atoms with Crippen LogP contribution in [0.3, 0.4) is 0 Å². The number of hydrogen-bond acceptors (Lipinski definition) is 7. The highest BCUT2D eigenvalue weighted by atomic mass is 32.2. The van der Waals surface area contributed by atoms with Gasteiger partial charge < -0.3 is 9.73 Å². The van der Waals surface area contributed by atoms with Gasteiger partial charge in [0, 0.05) is 29.9 Å². The molecule has 1 aliphatic heterocycles. The zero-order valence-electron chi connectivity index (χ0n) is 18.2. The highest BCUT2D eigenvalue weighted by molar-refractivity contribution is 7.92. The molecule has 0 radical (unpaired) electrons. The molecule has 0 bridgehead atoms. The molecule has 2 N–H and O–H groups in total. The predicted octanol–water partition coefficient (Wildman–Crippen LogP) is 3.56. The van der Waals surface area contributed by atoms with Gasteiger partial charge >= 0.3 is 0 Å². The first-order valence-corrected chi connectivity index (χ1v) is 12.2. The number of anilines is 1. The topological polar surface area (TPSA) is 135 Å². The van der Waals surface area contributed by atoms with E-state index >= 15 is 0 Å². The van der Waals surface area contributed by atoms with E-state index in [1.165, 1.54) is 42.5 Å². The summed E-state index contributed by atoms with van der Waals surface area (Å²) in [5.74, 6) is 0.511. The predicted molar refractivity (Wildman–Crippen MR) is 125 cm³/mol. The van der Waals surface area contributed by atoms with E-state index < -0.39 is 14.9 Å². The van der Waals surface area contributed by atoms with Gasteiger partial charge in [-0.25, -0.2) is 8.42 Å². The first-order valence-electron chi connectivity index (χ1n) is 10.8. The molecule has 3 aromatic rings. The van der Waals surface area contributed by atoms with Crippen molar-refractivity contribution in [1.82, 2.24) is 10.2 Å². The molecule has 0 unspecified atom stereocenters. The molecule has 4 rings (SSSR count). The minimum absolute atomic E-state index is 0.0533.